The van der Waals surface area contributed by atoms with Crippen molar-refractivity contribution in [1.29, 1.82) is 0 Å². The average Bonchev–Trinajstić information content (AvgIpc) is 3.07. The van der Waals surface area contributed by atoms with E-state index in [9.17, 15) is 14.7 Å². The van der Waals surface area contributed by atoms with E-state index in [-0.39, 0.29) is 11.3 Å². The number of nitrogens with zero attached hydrogens (tertiary/aromatic N) is 2. The molecule has 2 aromatic carbocycles. The van der Waals surface area contributed by atoms with Crippen LogP contribution in [0.2, 0.25) is 0 Å². The standard InChI is InChI=1S/C26H32N2O5/c1-5-16-33-20-13-12-19(17-21(20)32-4)23-22(24(29)18-10-7-6-8-11-18)25(30)26(31)28(23)15-9-14-27(2)3/h6-8,10-13,17,23,29H,5,9,14-16H2,1-4H3/b24-22+/t23-/m0/s1. The van der Waals surface area contributed by atoms with Crippen LogP contribution in [0.25, 0.3) is 5.76 Å². The normalized spacial score (nSPS) is 17.6. The third-order valence-electron chi connectivity index (χ3n) is 5.56. The Labute approximate surface area is 195 Å². The maximum atomic E-state index is 13.1. The van der Waals surface area contributed by atoms with Gasteiger partial charge in [0.25, 0.3) is 11.7 Å². The number of rotatable bonds is 10. The minimum Gasteiger partial charge on any atom is -0.507 e. The van der Waals surface area contributed by atoms with Crippen LogP contribution in [-0.4, -0.2) is 67.5 Å². The minimum absolute atomic E-state index is 0.0836. The number of carbonyl (C=O) groups is 2. The molecule has 176 valence electrons. The van der Waals surface area contributed by atoms with E-state index >= 15 is 0 Å². The first-order valence-corrected chi connectivity index (χ1v) is 11.2. The number of ether oxygens (including phenoxy) is 2. The van der Waals surface area contributed by atoms with E-state index in [1.54, 1.807) is 48.4 Å². The van der Waals surface area contributed by atoms with Crippen molar-refractivity contribution in [2.24, 2.45) is 0 Å². The number of ketones is 1. The Morgan fingerprint density at radius 3 is 2.45 bits per heavy atom. The first kappa shape index (κ1) is 24.3. The monoisotopic (exact) mass is 452 g/mol. The minimum atomic E-state index is -0.721. The summed E-state index contributed by atoms with van der Waals surface area (Å²) in [6, 6.07) is 13.5. The summed E-state index contributed by atoms with van der Waals surface area (Å²) in [4.78, 5) is 29.7. The van der Waals surface area contributed by atoms with Crippen molar-refractivity contribution in [2.75, 3.05) is 40.9 Å². The molecule has 7 heteroatoms. The summed E-state index contributed by atoms with van der Waals surface area (Å²) in [6.07, 6.45) is 1.55. The highest BCUT2D eigenvalue weighted by molar-refractivity contribution is 6.46. The average molecular weight is 453 g/mol. The molecule has 1 fully saturated rings. The number of methoxy groups -OCH3 is 1. The molecule has 0 saturated carbocycles. The zero-order valence-electron chi connectivity index (χ0n) is 19.7. The van der Waals surface area contributed by atoms with Gasteiger partial charge in [-0.3, -0.25) is 9.59 Å². The Morgan fingerprint density at radius 1 is 1.09 bits per heavy atom. The van der Waals surface area contributed by atoms with Crippen LogP contribution in [0.4, 0.5) is 0 Å². The molecule has 1 aliphatic heterocycles. The van der Waals surface area contributed by atoms with E-state index in [0.29, 0.717) is 42.2 Å². The molecule has 33 heavy (non-hydrogen) atoms. The highest BCUT2D eigenvalue weighted by atomic mass is 16.5. The summed E-state index contributed by atoms with van der Waals surface area (Å²) < 4.78 is 11.3. The van der Waals surface area contributed by atoms with Crippen molar-refractivity contribution in [3.63, 3.8) is 0 Å². The van der Waals surface area contributed by atoms with E-state index in [4.69, 9.17) is 9.47 Å². The summed E-state index contributed by atoms with van der Waals surface area (Å²) in [6.45, 7) is 3.72. The van der Waals surface area contributed by atoms with Gasteiger partial charge in [0.2, 0.25) is 0 Å². The van der Waals surface area contributed by atoms with E-state index in [2.05, 4.69) is 0 Å². The SMILES string of the molecule is CCCOc1ccc([C@H]2/C(=C(\O)c3ccccc3)C(=O)C(=O)N2CCCN(C)C)cc1OC. The largest absolute Gasteiger partial charge is 0.507 e. The molecule has 0 radical (unpaired) electrons. The van der Waals surface area contributed by atoms with Crippen LogP contribution in [0.15, 0.2) is 54.1 Å². The first-order valence-electron chi connectivity index (χ1n) is 11.2. The van der Waals surface area contributed by atoms with Crippen molar-refractivity contribution < 1.29 is 24.2 Å². The third-order valence-corrected chi connectivity index (χ3v) is 5.56. The maximum absolute atomic E-state index is 13.1. The van der Waals surface area contributed by atoms with Crippen molar-refractivity contribution >= 4 is 17.4 Å². The molecule has 0 spiro atoms. The number of benzene rings is 2. The summed E-state index contributed by atoms with van der Waals surface area (Å²) >= 11 is 0. The Balaban J connectivity index is 2.09. The van der Waals surface area contributed by atoms with Crippen LogP contribution < -0.4 is 9.47 Å². The van der Waals surface area contributed by atoms with Gasteiger partial charge >= 0.3 is 0 Å². The lowest BCUT2D eigenvalue weighted by Crippen LogP contribution is -2.32. The Bertz CT molecular complexity index is 1020. The van der Waals surface area contributed by atoms with Gasteiger partial charge in [0, 0.05) is 12.1 Å². The number of carbonyl (C=O) groups excluding carboxylic acids is 2. The van der Waals surface area contributed by atoms with Gasteiger partial charge in [0.1, 0.15) is 5.76 Å². The Kier molecular flexibility index (Phi) is 8.11. The van der Waals surface area contributed by atoms with Gasteiger partial charge < -0.3 is 24.4 Å². The predicted molar refractivity (Wildman–Crippen MR) is 127 cm³/mol. The molecule has 3 rings (SSSR count). The van der Waals surface area contributed by atoms with Crippen LogP contribution in [0.5, 0.6) is 11.5 Å². The van der Waals surface area contributed by atoms with Gasteiger partial charge in [0.15, 0.2) is 11.5 Å². The van der Waals surface area contributed by atoms with Crippen LogP contribution >= 0.6 is 0 Å². The molecule has 1 saturated heterocycles. The van der Waals surface area contributed by atoms with Crippen LogP contribution in [0, 0.1) is 0 Å². The van der Waals surface area contributed by atoms with Crippen molar-refractivity contribution in [3.05, 3.63) is 65.2 Å². The summed E-state index contributed by atoms with van der Waals surface area (Å²) in [5.74, 6) is -0.368. The molecular formula is C26H32N2O5. The molecule has 1 amide bonds. The summed E-state index contributed by atoms with van der Waals surface area (Å²) in [5.41, 5.74) is 1.25. The second-order valence-electron chi connectivity index (χ2n) is 8.27. The third kappa shape index (κ3) is 5.37. The zero-order chi connectivity index (χ0) is 24.0. The van der Waals surface area contributed by atoms with Crippen LogP contribution in [-0.2, 0) is 9.59 Å². The number of aliphatic hydroxyl groups excluding tert-OH is 1. The highest BCUT2D eigenvalue weighted by Crippen LogP contribution is 2.42. The fourth-order valence-corrected chi connectivity index (χ4v) is 3.95. The topological polar surface area (TPSA) is 79.3 Å². The summed E-state index contributed by atoms with van der Waals surface area (Å²) in [7, 11) is 5.47. The molecule has 1 N–H and O–H groups in total. The Morgan fingerprint density at radius 2 is 1.82 bits per heavy atom. The zero-order valence-corrected chi connectivity index (χ0v) is 19.7. The van der Waals surface area contributed by atoms with Gasteiger partial charge in [-0.15, -0.1) is 0 Å². The molecule has 0 unspecified atom stereocenters. The van der Waals surface area contributed by atoms with E-state index in [0.717, 1.165) is 13.0 Å². The number of Topliss-reactive ketones (excluding diaryl/α,β-unsaturated/α-hetero) is 1. The van der Waals surface area contributed by atoms with Gasteiger partial charge in [-0.2, -0.15) is 0 Å². The lowest BCUT2D eigenvalue weighted by molar-refractivity contribution is -0.139. The summed E-state index contributed by atoms with van der Waals surface area (Å²) in [5, 5.41) is 11.1. The number of hydrogen-bond donors (Lipinski definition) is 1. The lowest BCUT2D eigenvalue weighted by Gasteiger charge is -2.26. The molecule has 0 aromatic heterocycles. The van der Waals surface area contributed by atoms with Crippen LogP contribution in [0.1, 0.15) is 36.9 Å². The molecule has 1 heterocycles. The Hall–Kier alpha value is -3.32. The number of aliphatic hydroxyl groups is 1. The van der Waals surface area contributed by atoms with Gasteiger partial charge in [-0.1, -0.05) is 43.3 Å². The van der Waals surface area contributed by atoms with E-state index < -0.39 is 17.7 Å². The predicted octanol–water partition coefficient (Wildman–Crippen LogP) is 3.86. The van der Waals surface area contributed by atoms with E-state index in [1.807, 2.05) is 38.1 Å². The van der Waals surface area contributed by atoms with Gasteiger partial charge in [-0.05, 0) is 51.2 Å². The van der Waals surface area contributed by atoms with Gasteiger partial charge in [0.05, 0.1) is 25.3 Å². The molecule has 1 atom stereocenters. The molecular weight excluding hydrogens is 420 g/mol. The highest BCUT2D eigenvalue weighted by Gasteiger charge is 2.46. The van der Waals surface area contributed by atoms with Crippen LogP contribution in [0.3, 0.4) is 0 Å². The van der Waals surface area contributed by atoms with Gasteiger partial charge in [-0.25, -0.2) is 0 Å². The number of amides is 1. The second-order valence-corrected chi connectivity index (χ2v) is 8.27. The smallest absolute Gasteiger partial charge is 0.295 e. The quantitative estimate of drug-likeness (QED) is 0.335. The fourth-order valence-electron chi connectivity index (χ4n) is 3.95. The van der Waals surface area contributed by atoms with Crippen molar-refractivity contribution in [3.8, 4) is 11.5 Å². The molecule has 0 aliphatic carbocycles. The fraction of sp³-hybridized carbons (Fsp3) is 0.385. The molecule has 1 aliphatic rings. The number of likely N-dealkylation sites (tertiary alicyclic amines) is 1. The first-order chi connectivity index (χ1) is 15.9. The maximum Gasteiger partial charge on any atom is 0.295 e. The number of hydrogen-bond acceptors (Lipinski definition) is 6. The van der Waals surface area contributed by atoms with Crippen molar-refractivity contribution in [1.82, 2.24) is 9.80 Å². The van der Waals surface area contributed by atoms with Crippen molar-refractivity contribution in [2.45, 2.75) is 25.8 Å². The second kappa shape index (κ2) is 11.0. The molecule has 2 aromatic rings. The molecule has 0 bridgehead atoms. The lowest BCUT2D eigenvalue weighted by atomic mass is 9.95. The van der Waals surface area contributed by atoms with E-state index in [1.165, 1.54) is 0 Å². The molecule has 7 nitrogen and oxygen atoms in total.